The maximum Gasteiger partial charge on any atom is 0.358 e. The highest BCUT2D eigenvalue weighted by molar-refractivity contribution is 5.84. The fraction of sp³-hybridized carbons (Fsp3) is 0.636. The number of rotatable bonds is 3. The van der Waals surface area contributed by atoms with Gasteiger partial charge in [0, 0.05) is 5.92 Å². The van der Waals surface area contributed by atoms with Crippen LogP contribution in [0.1, 0.15) is 29.8 Å². The summed E-state index contributed by atoms with van der Waals surface area (Å²) in [5.41, 5.74) is 0.118. The van der Waals surface area contributed by atoms with E-state index in [4.69, 9.17) is 10.4 Å². The van der Waals surface area contributed by atoms with E-state index in [0.717, 1.165) is 19.3 Å². The Bertz CT molecular complexity index is 510. The van der Waals surface area contributed by atoms with Gasteiger partial charge in [0.15, 0.2) is 5.69 Å². The van der Waals surface area contributed by atoms with E-state index >= 15 is 0 Å². The number of nitrogens with zero attached hydrogens (tertiary/aromatic N) is 4. The summed E-state index contributed by atoms with van der Waals surface area (Å²) < 4.78 is 0. The van der Waals surface area contributed by atoms with E-state index in [0.29, 0.717) is 12.5 Å². The zero-order chi connectivity index (χ0) is 12.0. The summed E-state index contributed by atoms with van der Waals surface area (Å²) in [7, 11) is 0. The highest BCUT2D eigenvalue weighted by Crippen LogP contribution is 2.62. The third-order valence-electron chi connectivity index (χ3n) is 4.01. The fourth-order valence-electron chi connectivity index (χ4n) is 3.25. The van der Waals surface area contributed by atoms with Crippen LogP contribution in [0, 0.1) is 28.6 Å². The molecule has 1 aromatic heterocycles. The van der Waals surface area contributed by atoms with Crippen molar-refractivity contribution < 1.29 is 9.90 Å². The zero-order valence-corrected chi connectivity index (χ0v) is 9.20. The van der Waals surface area contributed by atoms with Gasteiger partial charge in [-0.15, -0.1) is 5.10 Å². The molecule has 1 N–H and O–H groups in total. The molecule has 1 aromatic rings. The number of fused-ring (bicyclic) bond motifs is 1. The summed E-state index contributed by atoms with van der Waals surface area (Å²) in [6.07, 6.45) is 4.27. The van der Waals surface area contributed by atoms with Crippen molar-refractivity contribution in [1.82, 2.24) is 15.0 Å². The average Bonchev–Trinajstić information content (AvgIpc) is 2.89. The first-order valence-corrected chi connectivity index (χ1v) is 5.65. The van der Waals surface area contributed by atoms with Gasteiger partial charge in [0.05, 0.1) is 18.8 Å². The zero-order valence-electron chi connectivity index (χ0n) is 9.20. The minimum absolute atomic E-state index is 0.0212. The number of aromatic carboxylic acids is 1. The van der Waals surface area contributed by atoms with Crippen LogP contribution in [0.5, 0.6) is 0 Å². The van der Waals surface area contributed by atoms with Gasteiger partial charge in [-0.2, -0.15) is 15.2 Å². The van der Waals surface area contributed by atoms with Gasteiger partial charge in [0.25, 0.3) is 0 Å². The van der Waals surface area contributed by atoms with Crippen molar-refractivity contribution in [2.45, 2.75) is 25.8 Å². The van der Waals surface area contributed by atoms with Gasteiger partial charge in [0.2, 0.25) is 0 Å². The molecule has 17 heavy (non-hydrogen) atoms. The third-order valence-corrected chi connectivity index (χ3v) is 4.01. The standard InChI is InChI=1S/C11H12N4O2/c12-4-8-3-11(1-7(8)2-11)6-15-13-5-9(14-15)10(16)17/h5,7-8H,1-3,6H2,(H,16,17). The van der Waals surface area contributed by atoms with Crippen LogP contribution in [0.3, 0.4) is 0 Å². The Morgan fingerprint density at radius 2 is 2.41 bits per heavy atom. The van der Waals surface area contributed by atoms with E-state index in [-0.39, 0.29) is 17.0 Å². The van der Waals surface area contributed by atoms with Gasteiger partial charge < -0.3 is 5.11 Å². The van der Waals surface area contributed by atoms with Gasteiger partial charge in [0.1, 0.15) is 0 Å². The summed E-state index contributed by atoms with van der Waals surface area (Å²) in [6, 6.07) is 2.35. The topological polar surface area (TPSA) is 91.8 Å². The van der Waals surface area contributed by atoms with Gasteiger partial charge >= 0.3 is 5.97 Å². The van der Waals surface area contributed by atoms with E-state index in [1.807, 2.05) is 0 Å². The molecule has 0 spiro atoms. The summed E-state index contributed by atoms with van der Waals surface area (Å²) in [5, 5.41) is 25.6. The number of carbonyl (C=O) groups is 1. The molecule has 3 aliphatic rings. The highest BCUT2D eigenvalue weighted by atomic mass is 16.4. The number of carboxylic acids is 1. The molecule has 0 amide bonds. The monoisotopic (exact) mass is 232 g/mol. The van der Waals surface area contributed by atoms with E-state index in [2.05, 4.69) is 16.3 Å². The molecule has 6 nitrogen and oxygen atoms in total. The number of hydrogen-bond donors (Lipinski definition) is 1. The maximum absolute atomic E-state index is 10.7. The molecule has 0 aromatic carbocycles. The molecule has 2 bridgehead atoms. The Hall–Kier alpha value is -1.90. The molecule has 0 radical (unpaired) electrons. The first-order chi connectivity index (χ1) is 8.12. The van der Waals surface area contributed by atoms with Crippen LogP contribution in [0.4, 0.5) is 0 Å². The van der Waals surface area contributed by atoms with E-state index in [9.17, 15) is 4.79 Å². The molecule has 0 saturated heterocycles. The fourth-order valence-corrected chi connectivity index (χ4v) is 3.25. The second-order valence-corrected chi connectivity index (χ2v) is 5.17. The Morgan fingerprint density at radius 1 is 1.65 bits per heavy atom. The van der Waals surface area contributed by atoms with E-state index in [1.165, 1.54) is 11.0 Å². The lowest BCUT2D eigenvalue weighted by Gasteiger charge is -2.37. The van der Waals surface area contributed by atoms with Crippen LogP contribution in [-0.2, 0) is 6.54 Å². The normalized spacial score (nSPS) is 34.1. The van der Waals surface area contributed by atoms with Crippen LogP contribution >= 0.6 is 0 Å². The minimum Gasteiger partial charge on any atom is -0.476 e. The largest absolute Gasteiger partial charge is 0.476 e. The summed E-state index contributed by atoms with van der Waals surface area (Å²) in [6.45, 7) is 0.634. The number of hydrogen-bond acceptors (Lipinski definition) is 4. The van der Waals surface area contributed by atoms with Crippen LogP contribution in [0.2, 0.25) is 0 Å². The molecule has 1 unspecified atom stereocenters. The van der Waals surface area contributed by atoms with E-state index in [1.54, 1.807) is 0 Å². The van der Waals surface area contributed by atoms with Gasteiger partial charge in [-0.3, -0.25) is 0 Å². The summed E-state index contributed by atoms with van der Waals surface area (Å²) in [5.74, 6) is -0.347. The molecular weight excluding hydrogens is 220 g/mol. The second kappa shape index (κ2) is 3.29. The molecule has 3 fully saturated rings. The molecular formula is C11H12N4O2. The smallest absolute Gasteiger partial charge is 0.358 e. The van der Waals surface area contributed by atoms with Crippen LogP contribution in [0.15, 0.2) is 6.20 Å². The van der Waals surface area contributed by atoms with Crippen LogP contribution < -0.4 is 0 Å². The number of carboxylic acid groups (broad SMARTS) is 1. The van der Waals surface area contributed by atoms with Crippen LogP contribution in [0.25, 0.3) is 0 Å². The lowest BCUT2D eigenvalue weighted by Crippen LogP contribution is -2.33. The molecule has 1 atom stereocenters. The molecule has 88 valence electrons. The lowest BCUT2D eigenvalue weighted by atomic mass is 9.69. The molecule has 3 aliphatic carbocycles. The SMILES string of the molecule is N#CC1CC2(Cn3ncc(C(=O)O)n3)CC1C2. The molecule has 1 heterocycles. The molecule has 3 saturated carbocycles. The highest BCUT2D eigenvalue weighted by Gasteiger charge is 2.56. The Morgan fingerprint density at radius 3 is 2.94 bits per heavy atom. The lowest BCUT2D eigenvalue weighted by molar-refractivity contribution is 0.0685. The van der Waals surface area contributed by atoms with Crippen molar-refractivity contribution in [1.29, 1.82) is 5.26 Å². The minimum atomic E-state index is -1.05. The first-order valence-electron chi connectivity index (χ1n) is 5.65. The van der Waals surface area contributed by atoms with Crippen molar-refractivity contribution in [3.8, 4) is 6.07 Å². The predicted molar refractivity (Wildman–Crippen MR) is 55.9 cm³/mol. The Labute approximate surface area is 97.8 Å². The average molecular weight is 232 g/mol. The Kier molecular flexibility index (Phi) is 1.99. The first kappa shape index (κ1) is 10.3. The molecule has 0 aliphatic heterocycles. The van der Waals surface area contributed by atoms with Crippen molar-refractivity contribution >= 4 is 5.97 Å². The Balaban J connectivity index is 1.72. The maximum atomic E-state index is 10.7. The van der Waals surface area contributed by atoms with Crippen molar-refractivity contribution in [2.75, 3.05) is 0 Å². The van der Waals surface area contributed by atoms with Gasteiger partial charge in [-0.25, -0.2) is 4.79 Å². The van der Waals surface area contributed by atoms with Crippen molar-refractivity contribution in [2.24, 2.45) is 17.3 Å². The number of nitriles is 1. The summed E-state index contributed by atoms with van der Waals surface area (Å²) >= 11 is 0. The molecule has 6 heteroatoms. The quantitative estimate of drug-likeness (QED) is 0.836. The summed E-state index contributed by atoms with van der Waals surface area (Å²) in [4.78, 5) is 12.1. The van der Waals surface area contributed by atoms with Gasteiger partial charge in [-0.1, -0.05) is 0 Å². The molecule has 4 rings (SSSR count). The third kappa shape index (κ3) is 1.50. The predicted octanol–water partition coefficient (Wildman–Crippen LogP) is 0.916. The van der Waals surface area contributed by atoms with Crippen LogP contribution in [-0.4, -0.2) is 26.1 Å². The number of aromatic nitrogens is 3. The van der Waals surface area contributed by atoms with E-state index < -0.39 is 5.97 Å². The second-order valence-electron chi connectivity index (χ2n) is 5.17. The van der Waals surface area contributed by atoms with Crippen molar-refractivity contribution in [3.05, 3.63) is 11.9 Å². The van der Waals surface area contributed by atoms with Gasteiger partial charge in [-0.05, 0) is 30.6 Å². The van der Waals surface area contributed by atoms with Crippen molar-refractivity contribution in [3.63, 3.8) is 0 Å².